The van der Waals surface area contributed by atoms with Crippen LogP contribution in [0.25, 0.3) is 0 Å². The molecule has 0 saturated heterocycles. The van der Waals surface area contributed by atoms with Crippen LogP contribution >= 0.6 is 22.9 Å². The fraction of sp³-hybridized carbons (Fsp3) is 0.412. The second-order valence-corrected chi connectivity index (χ2v) is 8.07. The van der Waals surface area contributed by atoms with Crippen LogP contribution in [0.4, 0.5) is 0 Å². The van der Waals surface area contributed by atoms with Gasteiger partial charge in [-0.2, -0.15) is 0 Å². The summed E-state index contributed by atoms with van der Waals surface area (Å²) in [4.78, 5) is 19.0. The average Bonchev–Trinajstić information content (AvgIpc) is 2.89. The van der Waals surface area contributed by atoms with Crippen molar-refractivity contribution >= 4 is 28.8 Å². The Morgan fingerprint density at radius 2 is 2.08 bits per heavy atom. The van der Waals surface area contributed by atoms with Gasteiger partial charge in [0.15, 0.2) is 12.4 Å². The number of pyridine rings is 1. The number of halogens is 1. The molecule has 1 amide bonds. The summed E-state index contributed by atoms with van der Waals surface area (Å²) in [6, 6.07) is 7.21. The largest absolute Gasteiger partial charge is 0.478 e. The molecule has 2 rings (SSSR count). The van der Waals surface area contributed by atoms with Crippen LogP contribution in [-0.4, -0.2) is 35.0 Å². The summed E-state index contributed by atoms with van der Waals surface area (Å²) < 4.78 is 12.1. The van der Waals surface area contributed by atoms with Gasteiger partial charge in [-0.3, -0.25) is 4.79 Å². The zero-order chi connectivity index (χ0) is 17.7. The van der Waals surface area contributed by atoms with Crippen LogP contribution in [0, 0.1) is 0 Å². The summed E-state index contributed by atoms with van der Waals surface area (Å²) in [6.07, 6.45) is 1.63. The highest BCUT2D eigenvalue weighted by Crippen LogP contribution is 2.27. The van der Waals surface area contributed by atoms with Gasteiger partial charge in [0.1, 0.15) is 5.60 Å². The van der Waals surface area contributed by atoms with Crippen molar-refractivity contribution in [2.24, 2.45) is 0 Å². The lowest BCUT2D eigenvalue weighted by Gasteiger charge is -2.22. The molecule has 2 heterocycles. The van der Waals surface area contributed by atoms with Gasteiger partial charge in [-0.1, -0.05) is 11.6 Å². The summed E-state index contributed by atoms with van der Waals surface area (Å²) in [5, 5.41) is 0. The van der Waals surface area contributed by atoms with Gasteiger partial charge in [0.05, 0.1) is 10.9 Å². The van der Waals surface area contributed by atoms with Crippen molar-refractivity contribution < 1.29 is 14.3 Å². The highest BCUT2D eigenvalue weighted by molar-refractivity contribution is 7.16. The summed E-state index contributed by atoms with van der Waals surface area (Å²) in [6.45, 7) is 6.20. The number of amides is 1. The minimum Gasteiger partial charge on any atom is -0.478 e. The van der Waals surface area contributed by atoms with Crippen LogP contribution in [0.15, 0.2) is 30.5 Å². The number of hydrogen-bond donors (Lipinski definition) is 0. The zero-order valence-electron chi connectivity index (χ0n) is 14.2. The SMILES string of the molecule is CN(Cc1ccc(Cl)s1)C(=O)COc1cccnc1OC(C)(C)C. The Labute approximate surface area is 151 Å². The van der Waals surface area contributed by atoms with Gasteiger partial charge in [0.2, 0.25) is 0 Å². The van der Waals surface area contributed by atoms with Gasteiger partial charge in [0.25, 0.3) is 11.8 Å². The molecule has 130 valence electrons. The Kier molecular flexibility index (Phi) is 6.07. The van der Waals surface area contributed by atoms with Crippen LogP contribution in [0.3, 0.4) is 0 Å². The van der Waals surface area contributed by atoms with Crippen molar-refractivity contribution in [3.8, 4) is 11.6 Å². The first kappa shape index (κ1) is 18.5. The van der Waals surface area contributed by atoms with Crippen molar-refractivity contribution in [1.29, 1.82) is 0 Å². The Bertz CT molecular complexity index is 697. The van der Waals surface area contributed by atoms with Crippen LogP contribution in [0.2, 0.25) is 4.34 Å². The summed E-state index contributed by atoms with van der Waals surface area (Å²) in [5.74, 6) is 0.698. The molecule has 24 heavy (non-hydrogen) atoms. The zero-order valence-corrected chi connectivity index (χ0v) is 15.8. The molecule has 0 aliphatic rings. The molecule has 0 radical (unpaired) electrons. The van der Waals surface area contributed by atoms with Gasteiger partial charge in [-0.15, -0.1) is 11.3 Å². The molecular formula is C17H21ClN2O3S. The molecule has 0 atom stereocenters. The van der Waals surface area contributed by atoms with E-state index in [1.807, 2.05) is 32.9 Å². The predicted molar refractivity (Wildman–Crippen MR) is 95.9 cm³/mol. The third-order valence-electron chi connectivity index (χ3n) is 2.94. The molecule has 2 aromatic heterocycles. The lowest BCUT2D eigenvalue weighted by atomic mass is 10.2. The number of rotatable bonds is 6. The number of carbonyl (C=O) groups is 1. The number of aromatic nitrogens is 1. The van der Waals surface area contributed by atoms with Gasteiger partial charge in [0, 0.05) is 18.1 Å². The number of likely N-dealkylation sites (N-methyl/N-ethyl adjacent to an activating group) is 1. The van der Waals surface area contributed by atoms with E-state index in [4.69, 9.17) is 21.1 Å². The number of ether oxygens (including phenoxy) is 2. The maximum Gasteiger partial charge on any atom is 0.260 e. The van der Waals surface area contributed by atoms with Crippen LogP contribution < -0.4 is 9.47 Å². The standard InChI is InChI=1S/C17H21ClN2O3S/c1-17(2,3)23-16-13(6-5-9-19-16)22-11-15(21)20(4)10-12-7-8-14(18)24-12/h5-9H,10-11H2,1-4H3. The monoisotopic (exact) mass is 368 g/mol. The lowest BCUT2D eigenvalue weighted by Crippen LogP contribution is -2.31. The molecule has 0 spiro atoms. The Balaban J connectivity index is 1.94. The smallest absolute Gasteiger partial charge is 0.260 e. The summed E-state index contributed by atoms with van der Waals surface area (Å²) >= 11 is 7.36. The highest BCUT2D eigenvalue weighted by atomic mass is 35.5. The molecule has 0 aromatic carbocycles. The van der Waals surface area contributed by atoms with Crippen molar-refractivity contribution in [1.82, 2.24) is 9.88 Å². The van der Waals surface area contributed by atoms with Gasteiger partial charge < -0.3 is 14.4 Å². The quantitative estimate of drug-likeness (QED) is 0.773. The molecule has 7 heteroatoms. The first-order valence-electron chi connectivity index (χ1n) is 7.49. The Morgan fingerprint density at radius 3 is 2.71 bits per heavy atom. The van der Waals surface area contributed by atoms with E-state index in [2.05, 4.69) is 4.98 Å². The molecule has 0 fully saturated rings. The normalized spacial score (nSPS) is 11.2. The van der Waals surface area contributed by atoms with Gasteiger partial charge >= 0.3 is 0 Å². The molecule has 5 nitrogen and oxygen atoms in total. The van der Waals surface area contributed by atoms with Crippen LogP contribution in [0.1, 0.15) is 25.6 Å². The van der Waals surface area contributed by atoms with Crippen molar-refractivity contribution in [2.45, 2.75) is 32.9 Å². The molecule has 0 unspecified atom stereocenters. The highest BCUT2D eigenvalue weighted by Gasteiger charge is 2.18. The van der Waals surface area contributed by atoms with E-state index in [1.54, 1.807) is 30.3 Å². The van der Waals surface area contributed by atoms with Crippen LogP contribution in [-0.2, 0) is 11.3 Å². The molecule has 0 N–H and O–H groups in total. The molecule has 0 bridgehead atoms. The summed E-state index contributed by atoms with van der Waals surface area (Å²) in [7, 11) is 1.73. The van der Waals surface area contributed by atoms with Crippen molar-refractivity contribution in [3.63, 3.8) is 0 Å². The van der Waals surface area contributed by atoms with E-state index >= 15 is 0 Å². The van der Waals surface area contributed by atoms with E-state index in [0.29, 0.717) is 22.5 Å². The number of nitrogens with zero attached hydrogens (tertiary/aromatic N) is 2. The fourth-order valence-corrected chi connectivity index (χ4v) is 3.00. The van der Waals surface area contributed by atoms with Gasteiger partial charge in [-0.25, -0.2) is 4.98 Å². The maximum atomic E-state index is 12.2. The average molecular weight is 369 g/mol. The molecule has 0 aliphatic heterocycles. The van der Waals surface area contributed by atoms with E-state index in [-0.39, 0.29) is 12.5 Å². The number of hydrogen-bond acceptors (Lipinski definition) is 5. The molecule has 2 aromatic rings. The van der Waals surface area contributed by atoms with E-state index in [0.717, 1.165) is 4.88 Å². The van der Waals surface area contributed by atoms with Crippen molar-refractivity contribution in [3.05, 3.63) is 39.7 Å². The second-order valence-electron chi connectivity index (χ2n) is 6.27. The number of thiophene rings is 1. The Hall–Kier alpha value is -1.79. The van der Waals surface area contributed by atoms with Crippen LogP contribution in [0.5, 0.6) is 11.6 Å². The number of carbonyl (C=O) groups excluding carboxylic acids is 1. The summed E-state index contributed by atoms with van der Waals surface area (Å²) in [5.41, 5.74) is -0.397. The topological polar surface area (TPSA) is 51.7 Å². The third kappa shape index (κ3) is 5.69. The first-order valence-corrected chi connectivity index (χ1v) is 8.69. The first-order chi connectivity index (χ1) is 11.2. The molecular weight excluding hydrogens is 348 g/mol. The lowest BCUT2D eigenvalue weighted by molar-refractivity contribution is -0.132. The van der Waals surface area contributed by atoms with Gasteiger partial charge in [-0.05, 0) is 45.0 Å². The third-order valence-corrected chi connectivity index (χ3v) is 4.15. The molecule has 0 aliphatic carbocycles. The van der Waals surface area contributed by atoms with E-state index in [9.17, 15) is 4.79 Å². The van der Waals surface area contributed by atoms with E-state index < -0.39 is 5.60 Å². The minimum absolute atomic E-state index is 0.0815. The fourth-order valence-electron chi connectivity index (χ4n) is 1.86. The molecule has 0 saturated carbocycles. The predicted octanol–water partition coefficient (Wildman–Crippen LogP) is 4.01. The minimum atomic E-state index is -0.397. The Morgan fingerprint density at radius 1 is 1.33 bits per heavy atom. The van der Waals surface area contributed by atoms with Crippen molar-refractivity contribution in [2.75, 3.05) is 13.7 Å². The second kappa shape index (κ2) is 7.85. The van der Waals surface area contributed by atoms with E-state index in [1.165, 1.54) is 11.3 Å². The maximum absolute atomic E-state index is 12.2.